The van der Waals surface area contributed by atoms with Crippen LogP contribution < -0.4 is 0 Å². The van der Waals surface area contributed by atoms with Gasteiger partial charge in [0.2, 0.25) is 0 Å². The number of alkyl halides is 3. The Hall–Kier alpha value is -2.31. The molecule has 0 aromatic heterocycles. The van der Waals surface area contributed by atoms with Gasteiger partial charge >= 0.3 is 6.18 Å². The number of allylic oxidation sites excluding steroid dienone is 1. The van der Waals surface area contributed by atoms with Crippen LogP contribution in [0.3, 0.4) is 0 Å². The lowest BCUT2D eigenvalue weighted by Gasteiger charge is -2.32. The Morgan fingerprint density at radius 1 is 1.21 bits per heavy atom. The van der Waals surface area contributed by atoms with Crippen LogP contribution in [0.4, 0.5) is 13.2 Å². The molecule has 3 nitrogen and oxygen atoms in total. The van der Waals surface area contributed by atoms with Gasteiger partial charge in [-0.25, -0.2) is 0 Å². The molecule has 0 atom stereocenters. The average molecular weight is 333 g/mol. The van der Waals surface area contributed by atoms with Crippen LogP contribution in [0.5, 0.6) is 0 Å². The summed E-state index contributed by atoms with van der Waals surface area (Å²) in [7, 11) is 0. The standard InChI is InChI=1S/C18H18F3N3/c19-18(20,21)17-5-8-24(9-6-17)7-4-14-2-1-3-15(10-14)11-16(12-22)13-23/h1-3,10-11,17H,4-9H2. The first-order valence-electron chi connectivity index (χ1n) is 7.82. The molecule has 0 bridgehead atoms. The van der Waals surface area contributed by atoms with Crippen molar-refractivity contribution in [1.29, 1.82) is 10.5 Å². The molecule has 1 aromatic carbocycles. The third-order valence-corrected chi connectivity index (χ3v) is 4.27. The summed E-state index contributed by atoms with van der Waals surface area (Å²) in [4.78, 5) is 2.06. The van der Waals surface area contributed by atoms with E-state index in [1.165, 1.54) is 6.08 Å². The summed E-state index contributed by atoms with van der Waals surface area (Å²) >= 11 is 0. The van der Waals surface area contributed by atoms with Gasteiger partial charge in [0.05, 0.1) is 5.92 Å². The monoisotopic (exact) mass is 333 g/mol. The van der Waals surface area contributed by atoms with E-state index in [-0.39, 0.29) is 18.4 Å². The molecule has 6 heteroatoms. The van der Waals surface area contributed by atoms with Gasteiger partial charge in [0.15, 0.2) is 0 Å². The highest BCUT2D eigenvalue weighted by molar-refractivity contribution is 5.62. The Morgan fingerprint density at radius 3 is 2.46 bits per heavy atom. The van der Waals surface area contributed by atoms with Gasteiger partial charge in [-0.2, -0.15) is 23.7 Å². The van der Waals surface area contributed by atoms with E-state index in [1.54, 1.807) is 0 Å². The summed E-state index contributed by atoms with van der Waals surface area (Å²) in [5.74, 6) is -1.17. The summed E-state index contributed by atoms with van der Waals surface area (Å²) in [6, 6.07) is 11.1. The van der Waals surface area contributed by atoms with Gasteiger partial charge in [0.25, 0.3) is 0 Å². The van der Waals surface area contributed by atoms with E-state index in [9.17, 15) is 13.2 Å². The number of benzene rings is 1. The topological polar surface area (TPSA) is 50.8 Å². The van der Waals surface area contributed by atoms with E-state index >= 15 is 0 Å². The predicted octanol–water partition coefficient (Wildman–Crippen LogP) is 3.93. The van der Waals surface area contributed by atoms with Crippen molar-refractivity contribution in [2.45, 2.75) is 25.4 Å². The lowest BCUT2D eigenvalue weighted by atomic mass is 9.96. The third kappa shape index (κ3) is 5.11. The van der Waals surface area contributed by atoms with Gasteiger partial charge in [-0.05, 0) is 49.6 Å². The molecular formula is C18H18F3N3. The number of piperidine rings is 1. The van der Waals surface area contributed by atoms with Gasteiger partial charge < -0.3 is 4.90 Å². The fourth-order valence-corrected chi connectivity index (χ4v) is 2.87. The minimum atomic E-state index is -4.08. The second kappa shape index (κ2) is 7.99. The van der Waals surface area contributed by atoms with Crippen molar-refractivity contribution in [2.75, 3.05) is 19.6 Å². The Balaban J connectivity index is 1.89. The number of halogens is 3. The minimum Gasteiger partial charge on any atom is -0.303 e. The third-order valence-electron chi connectivity index (χ3n) is 4.27. The molecule has 1 aliphatic rings. The van der Waals surface area contributed by atoms with E-state index in [0.717, 1.165) is 17.5 Å². The highest BCUT2D eigenvalue weighted by Gasteiger charge is 2.40. The second-order valence-electron chi connectivity index (χ2n) is 5.93. The summed E-state index contributed by atoms with van der Waals surface area (Å²) in [5.41, 5.74) is 1.86. The molecule has 0 spiro atoms. The first-order valence-corrected chi connectivity index (χ1v) is 7.82. The molecule has 1 fully saturated rings. The Morgan fingerprint density at radius 2 is 1.88 bits per heavy atom. The molecule has 0 aliphatic carbocycles. The molecule has 0 saturated carbocycles. The zero-order chi connectivity index (χ0) is 17.6. The van der Waals surface area contributed by atoms with Crippen molar-refractivity contribution >= 4 is 6.08 Å². The molecule has 2 rings (SSSR count). The average Bonchev–Trinajstić information content (AvgIpc) is 2.58. The zero-order valence-electron chi connectivity index (χ0n) is 13.2. The molecule has 0 radical (unpaired) electrons. The zero-order valence-corrected chi connectivity index (χ0v) is 13.2. The van der Waals surface area contributed by atoms with Gasteiger partial charge in [0.1, 0.15) is 17.7 Å². The van der Waals surface area contributed by atoms with Crippen LogP contribution in [0.15, 0.2) is 29.8 Å². The van der Waals surface area contributed by atoms with Crippen molar-refractivity contribution in [3.8, 4) is 12.1 Å². The van der Waals surface area contributed by atoms with Gasteiger partial charge in [-0.3, -0.25) is 0 Å². The molecule has 1 saturated heterocycles. The summed E-state index contributed by atoms with van der Waals surface area (Å²) in [6.45, 7) is 1.65. The van der Waals surface area contributed by atoms with Gasteiger partial charge in [0, 0.05) is 6.54 Å². The molecular weight excluding hydrogens is 315 g/mol. The smallest absolute Gasteiger partial charge is 0.303 e. The Bertz CT molecular complexity index is 656. The molecule has 1 aromatic rings. The molecule has 0 unspecified atom stereocenters. The van der Waals surface area contributed by atoms with Crippen LogP contribution in [0.1, 0.15) is 24.0 Å². The summed E-state index contributed by atoms with van der Waals surface area (Å²) in [5, 5.41) is 17.6. The van der Waals surface area contributed by atoms with Crippen molar-refractivity contribution in [3.63, 3.8) is 0 Å². The maximum atomic E-state index is 12.7. The molecule has 126 valence electrons. The van der Waals surface area contributed by atoms with Crippen molar-refractivity contribution in [3.05, 3.63) is 41.0 Å². The van der Waals surface area contributed by atoms with Gasteiger partial charge in [-0.1, -0.05) is 24.3 Å². The highest BCUT2D eigenvalue weighted by Crippen LogP contribution is 2.34. The van der Waals surface area contributed by atoms with E-state index in [0.29, 0.717) is 19.6 Å². The summed E-state index contributed by atoms with van der Waals surface area (Å²) < 4.78 is 38.0. The fraction of sp³-hybridized carbons (Fsp3) is 0.444. The van der Waals surface area contributed by atoms with Crippen molar-refractivity contribution in [1.82, 2.24) is 4.90 Å². The number of hydrogen-bond acceptors (Lipinski definition) is 3. The minimum absolute atomic E-state index is 0.0429. The highest BCUT2D eigenvalue weighted by atomic mass is 19.4. The molecule has 1 aliphatic heterocycles. The van der Waals surface area contributed by atoms with E-state index in [1.807, 2.05) is 36.4 Å². The quantitative estimate of drug-likeness (QED) is 0.784. The van der Waals surface area contributed by atoms with Crippen LogP contribution in [-0.2, 0) is 6.42 Å². The normalized spacial score (nSPS) is 16.2. The number of nitriles is 2. The van der Waals surface area contributed by atoms with E-state index in [4.69, 9.17) is 10.5 Å². The first kappa shape index (κ1) is 18.0. The molecule has 0 amide bonds. The van der Waals surface area contributed by atoms with Crippen LogP contribution in [0, 0.1) is 28.6 Å². The Kier molecular flexibility index (Phi) is 6.00. The second-order valence-corrected chi connectivity index (χ2v) is 5.93. The maximum absolute atomic E-state index is 12.7. The van der Waals surface area contributed by atoms with E-state index < -0.39 is 12.1 Å². The van der Waals surface area contributed by atoms with E-state index in [2.05, 4.69) is 4.90 Å². The largest absolute Gasteiger partial charge is 0.391 e. The number of likely N-dealkylation sites (tertiary alicyclic amines) is 1. The summed E-state index contributed by atoms with van der Waals surface area (Å²) in [6.07, 6.45) is -1.49. The van der Waals surface area contributed by atoms with Crippen LogP contribution in [0.25, 0.3) is 6.08 Å². The first-order chi connectivity index (χ1) is 11.4. The predicted molar refractivity (Wildman–Crippen MR) is 84.6 cm³/mol. The lowest BCUT2D eigenvalue weighted by molar-refractivity contribution is -0.185. The van der Waals surface area contributed by atoms with Crippen LogP contribution in [-0.4, -0.2) is 30.7 Å². The van der Waals surface area contributed by atoms with Crippen molar-refractivity contribution < 1.29 is 13.2 Å². The maximum Gasteiger partial charge on any atom is 0.391 e. The number of nitrogens with zero attached hydrogens (tertiary/aromatic N) is 3. The molecule has 1 heterocycles. The van der Waals surface area contributed by atoms with Gasteiger partial charge in [-0.15, -0.1) is 0 Å². The Labute approximate surface area is 139 Å². The SMILES string of the molecule is N#CC(C#N)=Cc1cccc(CCN2CCC(C(F)(F)F)CC2)c1. The van der Waals surface area contributed by atoms with Crippen molar-refractivity contribution in [2.24, 2.45) is 5.92 Å². The fourth-order valence-electron chi connectivity index (χ4n) is 2.87. The molecule has 24 heavy (non-hydrogen) atoms. The van der Waals surface area contributed by atoms with Crippen LogP contribution in [0.2, 0.25) is 0 Å². The van der Waals surface area contributed by atoms with Crippen LogP contribution >= 0.6 is 0 Å². The lowest BCUT2D eigenvalue weighted by Crippen LogP contribution is -2.39. The number of hydrogen-bond donors (Lipinski definition) is 0. The molecule has 0 N–H and O–H groups in total. The number of rotatable bonds is 4.